The van der Waals surface area contributed by atoms with E-state index in [0.29, 0.717) is 17.0 Å². The van der Waals surface area contributed by atoms with Gasteiger partial charge in [-0.05, 0) is 25.0 Å². The molecule has 1 unspecified atom stereocenters. The maximum Gasteiger partial charge on any atom is 0.224 e. The highest BCUT2D eigenvalue weighted by Gasteiger charge is 2.15. The van der Waals surface area contributed by atoms with Gasteiger partial charge in [0.2, 0.25) is 5.95 Å². The summed E-state index contributed by atoms with van der Waals surface area (Å²) in [6, 6.07) is 0.468. The minimum Gasteiger partial charge on any atom is -0.365 e. The van der Waals surface area contributed by atoms with Crippen LogP contribution in [0, 0.1) is 0 Å². The minimum absolute atomic E-state index is 0.468. The summed E-state index contributed by atoms with van der Waals surface area (Å²) in [5.74, 6) is 3.78. The van der Waals surface area contributed by atoms with E-state index in [2.05, 4.69) is 27.5 Å². The Morgan fingerprint density at radius 3 is 3.17 bits per heavy atom. The summed E-state index contributed by atoms with van der Waals surface area (Å²) in [4.78, 5) is 8.60. The number of anilines is 2. The molecule has 6 heteroatoms. The van der Waals surface area contributed by atoms with Crippen molar-refractivity contribution in [3.8, 4) is 0 Å². The number of hydrogen-bond donors (Lipinski definition) is 2. The lowest BCUT2D eigenvalue weighted by Gasteiger charge is -2.23. The van der Waals surface area contributed by atoms with Crippen LogP contribution in [0.5, 0.6) is 0 Å². The SMILES string of the molecule is CCCNc1ncc(Cl)c(NC2CCCSC2)n1. The van der Waals surface area contributed by atoms with Gasteiger partial charge in [-0.2, -0.15) is 16.7 Å². The number of aromatic nitrogens is 2. The van der Waals surface area contributed by atoms with Crippen LogP contribution in [0.3, 0.4) is 0 Å². The normalized spacial score (nSPS) is 19.6. The summed E-state index contributed by atoms with van der Waals surface area (Å²) in [6.07, 6.45) is 5.15. The van der Waals surface area contributed by atoms with Gasteiger partial charge in [-0.15, -0.1) is 0 Å². The van der Waals surface area contributed by atoms with Gasteiger partial charge in [0, 0.05) is 18.3 Å². The summed E-state index contributed by atoms with van der Waals surface area (Å²) in [5, 5.41) is 7.19. The Kier molecular flexibility index (Phi) is 5.38. The quantitative estimate of drug-likeness (QED) is 0.870. The molecule has 1 atom stereocenters. The van der Waals surface area contributed by atoms with Crippen molar-refractivity contribution in [3.63, 3.8) is 0 Å². The van der Waals surface area contributed by atoms with Crippen molar-refractivity contribution < 1.29 is 0 Å². The number of hydrogen-bond acceptors (Lipinski definition) is 5. The minimum atomic E-state index is 0.468. The molecule has 100 valence electrons. The van der Waals surface area contributed by atoms with Crippen LogP contribution in [0.15, 0.2) is 6.20 Å². The average Bonchev–Trinajstić information content (AvgIpc) is 2.41. The van der Waals surface area contributed by atoms with Gasteiger partial charge in [0.1, 0.15) is 5.02 Å². The maximum atomic E-state index is 6.13. The number of rotatable bonds is 5. The summed E-state index contributed by atoms with van der Waals surface area (Å²) in [6.45, 7) is 2.99. The topological polar surface area (TPSA) is 49.8 Å². The monoisotopic (exact) mass is 286 g/mol. The Balaban J connectivity index is 2.00. The number of halogens is 1. The van der Waals surface area contributed by atoms with Gasteiger partial charge >= 0.3 is 0 Å². The fourth-order valence-corrected chi connectivity index (χ4v) is 3.06. The lowest BCUT2D eigenvalue weighted by Crippen LogP contribution is -2.26. The van der Waals surface area contributed by atoms with Gasteiger partial charge in [0.05, 0.1) is 6.20 Å². The van der Waals surface area contributed by atoms with Crippen molar-refractivity contribution in [3.05, 3.63) is 11.2 Å². The summed E-state index contributed by atoms with van der Waals surface area (Å²) in [5.41, 5.74) is 0. The molecule has 1 aliphatic heterocycles. The van der Waals surface area contributed by atoms with Crippen molar-refractivity contribution in [2.45, 2.75) is 32.2 Å². The zero-order chi connectivity index (χ0) is 12.8. The molecule has 18 heavy (non-hydrogen) atoms. The van der Waals surface area contributed by atoms with Crippen LogP contribution in [0.1, 0.15) is 26.2 Å². The molecule has 0 amide bonds. The molecule has 0 bridgehead atoms. The summed E-state index contributed by atoms with van der Waals surface area (Å²) >= 11 is 8.11. The molecule has 2 rings (SSSR count). The smallest absolute Gasteiger partial charge is 0.224 e. The van der Waals surface area contributed by atoms with E-state index in [0.717, 1.165) is 24.5 Å². The first-order valence-electron chi connectivity index (χ1n) is 6.40. The second-order valence-corrected chi connectivity index (χ2v) is 5.93. The molecule has 1 aromatic rings. The summed E-state index contributed by atoms with van der Waals surface area (Å²) < 4.78 is 0. The Morgan fingerprint density at radius 1 is 1.56 bits per heavy atom. The van der Waals surface area contributed by atoms with Gasteiger partial charge in [-0.25, -0.2) is 4.98 Å². The molecule has 0 aromatic carbocycles. The number of nitrogens with one attached hydrogen (secondary N) is 2. The molecular formula is C12H19ClN4S. The van der Waals surface area contributed by atoms with Crippen LogP contribution in [0.2, 0.25) is 5.02 Å². The fraction of sp³-hybridized carbons (Fsp3) is 0.667. The maximum absolute atomic E-state index is 6.13. The van der Waals surface area contributed by atoms with E-state index in [9.17, 15) is 0 Å². The molecule has 2 N–H and O–H groups in total. The fourth-order valence-electron chi connectivity index (χ4n) is 1.84. The number of nitrogens with zero attached hydrogens (tertiary/aromatic N) is 2. The van der Waals surface area contributed by atoms with Crippen LogP contribution in [-0.2, 0) is 0 Å². The van der Waals surface area contributed by atoms with E-state index in [-0.39, 0.29) is 0 Å². The third kappa shape index (κ3) is 3.92. The number of thioether (sulfide) groups is 1. The molecule has 2 heterocycles. The molecule has 1 aliphatic rings. The molecule has 4 nitrogen and oxygen atoms in total. The van der Waals surface area contributed by atoms with E-state index < -0.39 is 0 Å². The molecule has 1 aromatic heterocycles. The van der Waals surface area contributed by atoms with Gasteiger partial charge in [0.15, 0.2) is 5.82 Å². The van der Waals surface area contributed by atoms with Crippen molar-refractivity contribution in [1.82, 2.24) is 9.97 Å². The highest BCUT2D eigenvalue weighted by molar-refractivity contribution is 7.99. The van der Waals surface area contributed by atoms with Crippen molar-refractivity contribution >= 4 is 35.1 Å². The second-order valence-electron chi connectivity index (χ2n) is 4.38. The zero-order valence-electron chi connectivity index (χ0n) is 10.6. The summed E-state index contributed by atoms with van der Waals surface area (Å²) in [7, 11) is 0. The molecule has 1 fully saturated rings. The van der Waals surface area contributed by atoms with Gasteiger partial charge < -0.3 is 10.6 Å². The van der Waals surface area contributed by atoms with E-state index in [1.54, 1.807) is 6.20 Å². The largest absolute Gasteiger partial charge is 0.365 e. The van der Waals surface area contributed by atoms with Gasteiger partial charge in [-0.1, -0.05) is 18.5 Å². The first kappa shape index (κ1) is 13.7. The van der Waals surface area contributed by atoms with Crippen LogP contribution < -0.4 is 10.6 Å². The van der Waals surface area contributed by atoms with Crippen LogP contribution >= 0.6 is 23.4 Å². The second kappa shape index (κ2) is 7.04. The Hall–Kier alpha value is -0.680. The molecule has 0 aliphatic carbocycles. The van der Waals surface area contributed by atoms with Crippen LogP contribution in [0.4, 0.5) is 11.8 Å². The third-order valence-electron chi connectivity index (χ3n) is 2.78. The molecule has 0 saturated carbocycles. The third-order valence-corrected chi connectivity index (χ3v) is 4.27. The van der Waals surface area contributed by atoms with E-state index in [1.807, 2.05) is 11.8 Å². The molecule has 0 radical (unpaired) electrons. The van der Waals surface area contributed by atoms with E-state index in [4.69, 9.17) is 11.6 Å². The molecular weight excluding hydrogens is 268 g/mol. The van der Waals surface area contributed by atoms with Gasteiger partial charge in [-0.3, -0.25) is 0 Å². The average molecular weight is 287 g/mol. The standard InChI is InChI=1S/C12H19ClN4S/c1-2-5-14-12-15-7-10(13)11(17-12)16-9-4-3-6-18-8-9/h7,9H,2-6,8H2,1H3,(H2,14,15,16,17). The van der Waals surface area contributed by atoms with E-state index >= 15 is 0 Å². The van der Waals surface area contributed by atoms with Crippen LogP contribution in [-0.4, -0.2) is 34.1 Å². The Labute approximate surface area is 117 Å². The highest BCUT2D eigenvalue weighted by Crippen LogP contribution is 2.24. The molecule has 0 spiro atoms. The predicted molar refractivity (Wildman–Crippen MR) is 79.8 cm³/mol. The van der Waals surface area contributed by atoms with Crippen LogP contribution in [0.25, 0.3) is 0 Å². The van der Waals surface area contributed by atoms with Crippen molar-refractivity contribution in [2.75, 3.05) is 28.7 Å². The Bertz CT molecular complexity index is 382. The van der Waals surface area contributed by atoms with Crippen molar-refractivity contribution in [2.24, 2.45) is 0 Å². The first-order valence-corrected chi connectivity index (χ1v) is 7.93. The van der Waals surface area contributed by atoms with Gasteiger partial charge in [0.25, 0.3) is 0 Å². The zero-order valence-corrected chi connectivity index (χ0v) is 12.2. The highest BCUT2D eigenvalue weighted by atomic mass is 35.5. The molecule has 1 saturated heterocycles. The van der Waals surface area contributed by atoms with Crippen molar-refractivity contribution in [1.29, 1.82) is 0 Å². The predicted octanol–water partition coefficient (Wildman–Crippen LogP) is 3.26. The first-order chi connectivity index (χ1) is 8.79. The van der Waals surface area contributed by atoms with E-state index in [1.165, 1.54) is 18.6 Å². The Morgan fingerprint density at radius 2 is 2.44 bits per heavy atom. The lowest BCUT2D eigenvalue weighted by molar-refractivity contribution is 0.682. The lowest BCUT2D eigenvalue weighted by atomic mass is 10.2.